The molecule has 1 N–H and O–H groups in total. The second-order valence-corrected chi connectivity index (χ2v) is 7.34. The van der Waals surface area contributed by atoms with Crippen LogP contribution in [0.1, 0.15) is 21.6 Å². The number of nitrogens with one attached hydrogen (secondary N) is 1. The van der Waals surface area contributed by atoms with Gasteiger partial charge < -0.3 is 9.47 Å². The van der Waals surface area contributed by atoms with E-state index in [9.17, 15) is 4.79 Å². The maximum Gasteiger partial charge on any atom is 0.291 e. The molecule has 0 aliphatic carbocycles. The molecule has 4 rings (SSSR count). The molecule has 3 aromatic carbocycles. The third-order valence-electron chi connectivity index (χ3n) is 5.08. The first-order chi connectivity index (χ1) is 16.1. The summed E-state index contributed by atoms with van der Waals surface area (Å²) >= 11 is 0. The Hall–Kier alpha value is -4.39. The van der Waals surface area contributed by atoms with Crippen molar-refractivity contribution in [1.82, 2.24) is 15.2 Å². The standard InChI is InChI=1S/C26H24N4O3/c1-18-9-12-20(13-10-18)23-16-22(29-30(23)21-7-5-4-6-8-21)26(31)28-27-17-19-11-14-24(32-2)25(15-19)33-3/h4-17H,1-3H3,(H,28,31)/b27-17-. The zero-order valence-electron chi connectivity index (χ0n) is 18.6. The van der Waals surface area contributed by atoms with Gasteiger partial charge in [-0.25, -0.2) is 10.1 Å². The Bertz CT molecular complexity index is 1280. The first-order valence-corrected chi connectivity index (χ1v) is 10.4. The molecule has 166 valence electrons. The number of para-hydroxylation sites is 1. The predicted octanol–water partition coefficient (Wildman–Crippen LogP) is 4.63. The van der Waals surface area contributed by atoms with E-state index >= 15 is 0 Å². The van der Waals surface area contributed by atoms with Crippen molar-refractivity contribution in [3.05, 3.63) is 95.7 Å². The van der Waals surface area contributed by atoms with Gasteiger partial charge in [0, 0.05) is 5.56 Å². The number of rotatable bonds is 7. The number of ether oxygens (including phenoxy) is 2. The van der Waals surface area contributed by atoms with Crippen LogP contribution in [0.2, 0.25) is 0 Å². The Balaban J connectivity index is 1.59. The number of hydrazone groups is 1. The van der Waals surface area contributed by atoms with Crippen LogP contribution in [0.3, 0.4) is 0 Å². The molecule has 0 saturated heterocycles. The smallest absolute Gasteiger partial charge is 0.291 e. The predicted molar refractivity (Wildman–Crippen MR) is 128 cm³/mol. The van der Waals surface area contributed by atoms with Gasteiger partial charge in [-0.05, 0) is 48.9 Å². The molecule has 0 fully saturated rings. The molecule has 0 aliphatic rings. The largest absolute Gasteiger partial charge is 0.493 e. The molecule has 4 aromatic rings. The molecule has 1 aromatic heterocycles. The first kappa shape index (κ1) is 21.8. The topological polar surface area (TPSA) is 77.7 Å². The lowest BCUT2D eigenvalue weighted by Gasteiger charge is -2.07. The monoisotopic (exact) mass is 440 g/mol. The van der Waals surface area contributed by atoms with Crippen molar-refractivity contribution in [2.45, 2.75) is 6.92 Å². The molecule has 7 nitrogen and oxygen atoms in total. The summed E-state index contributed by atoms with van der Waals surface area (Å²) in [5, 5.41) is 8.62. The average molecular weight is 441 g/mol. The summed E-state index contributed by atoms with van der Waals surface area (Å²) in [5.74, 6) is 0.792. The number of hydrogen-bond acceptors (Lipinski definition) is 5. The highest BCUT2D eigenvalue weighted by Gasteiger charge is 2.16. The van der Waals surface area contributed by atoms with E-state index in [1.807, 2.05) is 67.6 Å². The number of benzene rings is 3. The zero-order valence-corrected chi connectivity index (χ0v) is 18.6. The third-order valence-corrected chi connectivity index (χ3v) is 5.08. The molecule has 1 amide bonds. The Morgan fingerprint density at radius 2 is 1.67 bits per heavy atom. The normalized spacial score (nSPS) is 10.9. The first-order valence-electron chi connectivity index (χ1n) is 10.4. The SMILES string of the molecule is COc1ccc(/C=N\NC(=O)c2cc(-c3ccc(C)cc3)n(-c3ccccc3)n2)cc1OC. The molecular weight excluding hydrogens is 416 g/mol. The minimum absolute atomic E-state index is 0.263. The van der Waals surface area contributed by atoms with E-state index in [1.54, 1.807) is 37.1 Å². The van der Waals surface area contributed by atoms with Gasteiger partial charge in [0.05, 0.1) is 31.8 Å². The van der Waals surface area contributed by atoms with Gasteiger partial charge in [0.2, 0.25) is 0 Å². The van der Waals surface area contributed by atoms with Gasteiger partial charge in [-0.15, -0.1) is 0 Å². The second-order valence-electron chi connectivity index (χ2n) is 7.34. The van der Waals surface area contributed by atoms with Crippen molar-refractivity contribution in [1.29, 1.82) is 0 Å². The second kappa shape index (κ2) is 9.82. The van der Waals surface area contributed by atoms with Crippen LogP contribution in [0.5, 0.6) is 11.5 Å². The van der Waals surface area contributed by atoms with Crippen molar-refractivity contribution >= 4 is 12.1 Å². The van der Waals surface area contributed by atoms with Gasteiger partial charge in [0.25, 0.3) is 5.91 Å². The summed E-state index contributed by atoms with van der Waals surface area (Å²) in [6.45, 7) is 2.04. The van der Waals surface area contributed by atoms with Crippen LogP contribution in [-0.2, 0) is 0 Å². The summed E-state index contributed by atoms with van der Waals surface area (Å²) in [4.78, 5) is 12.8. The molecule has 1 heterocycles. The molecule has 33 heavy (non-hydrogen) atoms. The van der Waals surface area contributed by atoms with Gasteiger partial charge >= 0.3 is 0 Å². The fourth-order valence-electron chi connectivity index (χ4n) is 3.34. The van der Waals surface area contributed by atoms with E-state index < -0.39 is 5.91 Å². The lowest BCUT2D eigenvalue weighted by atomic mass is 10.1. The van der Waals surface area contributed by atoms with Crippen LogP contribution in [-0.4, -0.2) is 36.1 Å². The number of carbonyl (C=O) groups excluding carboxylic acids is 1. The molecule has 0 radical (unpaired) electrons. The highest BCUT2D eigenvalue weighted by Crippen LogP contribution is 2.27. The van der Waals surface area contributed by atoms with Gasteiger partial charge in [-0.3, -0.25) is 4.79 Å². The number of aryl methyl sites for hydroxylation is 1. The van der Waals surface area contributed by atoms with Crippen molar-refractivity contribution in [2.75, 3.05) is 14.2 Å². The Kier molecular flexibility index (Phi) is 6.50. The third kappa shape index (κ3) is 4.93. The van der Waals surface area contributed by atoms with E-state index in [4.69, 9.17) is 9.47 Å². The lowest BCUT2D eigenvalue weighted by Crippen LogP contribution is -2.18. The summed E-state index contributed by atoms with van der Waals surface area (Å²) in [5.41, 5.74) is 7.36. The molecule has 0 atom stereocenters. The minimum Gasteiger partial charge on any atom is -0.493 e. The summed E-state index contributed by atoms with van der Waals surface area (Å²) < 4.78 is 12.3. The van der Waals surface area contributed by atoms with Gasteiger partial charge in [0.15, 0.2) is 17.2 Å². The lowest BCUT2D eigenvalue weighted by molar-refractivity contribution is 0.0949. The number of carbonyl (C=O) groups is 1. The fourth-order valence-corrected chi connectivity index (χ4v) is 3.34. The van der Waals surface area contributed by atoms with Crippen molar-refractivity contribution in [3.8, 4) is 28.4 Å². The Morgan fingerprint density at radius 1 is 0.939 bits per heavy atom. The zero-order chi connectivity index (χ0) is 23.2. The highest BCUT2D eigenvalue weighted by molar-refractivity contribution is 5.94. The van der Waals surface area contributed by atoms with E-state index in [1.165, 1.54) is 6.21 Å². The maximum atomic E-state index is 12.8. The van der Waals surface area contributed by atoms with E-state index in [2.05, 4.69) is 15.6 Å². The maximum absolute atomic E-state index is 12.8. The number of amides is 1. The number of aromatic nitrogens is 2. The van der Waals surface area contributed by atoms with Crippen LogP contribution in [0, 0.1) is 6.92 Å². The van der Waals surface area contributed by atoms with Crippen LogP contribution in [0.25, 0.3) is 16.9 Å². The number of nitrogens with zero attached hydrogens (tertiary/aromatic N) is 3. The van der Waals surface area contributed by atoms with Crippen molar-refractivity contribution < 1.29 is 14.3 Å². The minimum atomic E-state index is -0.408. The van der Waals surface area contributed by atoms with Crippen LogP contribution >= 0.6 is 0 Å². The van der Waals surface area contributed by atoms with E-state index in [0.717, 1.165) is 28.1 Å². The quantitative estimate of drug-likeness (QED) is 0.336. The Morgan fingerprint density at radius 3 is 2.36 bits per heavy atom. The summed E-state index contributed by atoms with van der Waals surface area (Å²) in [6, 6.07) is 24.9. The molecule has 0 aliphatic heterocycles. The summed E-state index contributed by atoms with van der Waals surface area (Å²) in [7, 11) is 3.14. The average Bonchev–Trinajstić information content (AvgIpc) is 3.30. The summed E-state index contributed by atoms with van der Waals surface area (Å²) in [6.07, 6.45) is 1.54. The molecular formula is C26H24N4O3. The number of hydrogen-bond donors (Lipinski definition) is 1. The molecule has 0 bridgehead atoms. The molecule has 7 heteroatoms. The van der Waals surface area contributed by atoms with Gasteiger partial charge in [-0.2, -0.15) is 10.2 Å². The van der Waals surface area contributed by atoms with Gasteiger partial charge in [0.1, 0.15) is 0 Å². The van der Waals surface area contributed by atoms with Crippen molar-refractivity contribution in [2.24, 2.45) is 5.10 Å². The van der Waals surface area contributed by atoms with Crippen LogP contribution in [0.4, 0.5) is 0 Å². The fraction of sp³-hybridized carbons (Fsp3) is 0.115. The molecule has 0 saturated carbocycles. The van der Waals surface area contributed by atoms with Crippen LogP contribution in [0.15, 0.2) is 84.0 Å². The van der Waals surface area contributed by atoms with E-state index in [-0.39, 0.29) is 5.69 Å². The van der Waals surface area contributed by atoms with E-state index in [0.29, 0.717) is 11.5 Å². The molecule has 0 unspecified atom stereocenters. The highest BCUT2D eigenvalue weighted by atomic mass is 16.5. The van der Waals surface area contributed by atoms with Crippen LogP contribution < -0.4 is 14.9 Å². The Labute approximate surface area is 192 Å². The molecule has 0 spiro atoms. The van der Waals surface area contributed by atoms with Gasteiger partial charge in [-0.1, -0.05) is 48.0 Å². The number of methoxy groups -OCH3 is 2. The van der Waals surface area contributed by atoms with Crippen molar-refractivity contribution in [3.63, 3.8) is 0 Å².